The highest BCUT2D eigenvalue weighted by molar-refractivity contribution is 8.00. The van der Waals surface area contributed by atoms with Crippen molar-refractivity contribution in [3.63, 3.8) is 0 Å². The van der Waals surface area contributed by atoms with Gasteiger partial charge in [-0.15, -0.1) is 22.0 Å². The number of halogens is 4. The lowest BCUT2D eigenvalue weighted by atomic mass is 10.1. The molecule has 3 aromatic carbocycles. The Kier molecular flexibility index (Phi) is 9.37. The van der Waals surface area contributed by atoms with Gasteiger partial charge in [0, 0.05) is 10.6 Å². The van der Waals surface area contributed by atoms with E-state index in [4.69, 9.17) is 46.4 Å². The smallest absolute Gasteiger partial charge is 0.338 e. The molecule has 200 valence electrons. The summed E-state index contributed by atoms with van der Waals surface area (Å²) in [6.07, 6.45) is 0. The Morgan fingerprint density at radius 3 is 2.15 bits per heavy atom. The fraction of sp³-hybridized carbons (Fsp3) is 0.0800. The van der Waals surface area contributed by atoms with Gasteiger partial charge in [0.2, 0.25) is 11.0 Å². The molecule has 0 aliphatic heterocycles. The quantitative estimate of drug-likeness (QED) is 0.102. The molecule has 4 rings (SSSR count). The number of carboxylic acids is 1. The van der Waals surface area contributed by atoms with Gasteiger partial charge in [-0.05, 0) is 30.7 Å². The van der Waals surface area contributed by atoms with E-state index < -0.39 is 33.3 Å². The van der Waals surface area contributed by atoms with Gasteiger partial charge in [-0.2, -0.15) is 0 Å². The lowest BCUT2D eigenvalue weighted by Gasteiger charge is -2.17. The van der Waals surface area contributed by atoms with Crippen LogP contribution in [0, 0.1) is 6.92 Å². The highest BCUT2D eigenvalue weighted by atomic mass is 35.5. The van der Waals surface area contributed by atoms with E-state index in [2.05, 4.69) is 20.8 Å². The van der Waals surface area contributed by atoms with Crippen LogP contribution in [0.2, 0.25) is 20.1 Å². The van der Waals surface area contributed by atoms with E-state index in [9.17, 15) is 19.5 Å². The number of anilines is 2. The zero-order valence-electron chi connectivity index (χ0n) is 19.7. The van der Waals surface area contributed by atoms with E-state index in [0.717, 1.165) is 5.56 Å². The second kappa shape index (κ2) is 12.5. The summed E-state index contributed by atoms with van der Waals surface area (Å²) in [6.45, 7) is 1.79. The van der Waals surface area contributed by atoms with Crippen molar-refractivity contribution in [3.05, 3.63) is 96.4 Å². The van der Waals surface area contributed by atoms with Gasteiger partial charge in [0.05, 0.1) is 31.2 Å². The Hall–Kier alpha value is -2.86. The lowest BCUT2D eigenvalue weighted by molar-refractivity contribution is -0.115. The van der Waals surface area contributed by atoms with E-state index >= 15 is 0 Å². The molecule has 0 aliphatic rings. The minimum atomic E-state index is -1.50. The van der Waals surface area contributed by atoms with Crippen molar-refractivity contribution in [3.8, 4) is 0 Å². The molecule has 8 nitrogen and oxygen atoms in total. The molecule has 0 fully saturated rings. The monoisotopic (exact) mass is 640 g/mol. The maximum atomic E-state index is 13.2. The van der Waals surface area contributed by atoms with Crippen LogP contribution in [0.5, 0.6) is 0 Å². The summed E-state index contributed by atoms with van der Waals surface area (Å²) in [6, 6.07) is 15.8. The minimum absolute atomic E-state index is 0.245. The number of carbonyl (C=O) groups is 3. The Bertz CT molecular complexity index is 1580. The predicted octanol–water partition coefficient (Wildman–Crippen LogP) is 7.88. The van der Waals surface area contributed by atoms with Crippen LogP contribution in [-0.4, -0.2) is 33.1 Å². The van der Waals surface area contributed by atoms with Gasteiger partial charge < -0.3 is 10.4 Å². The molecule has 1 aromatic heterocycles. The van der Waals surface area contributed by atoms with Crippen LogP contribution in [0.3, 0.4) is 0 Å². The van der Waals surface area contributed by atoms with Crippen LogP contribution in [-0.2, 0) is 4.79 Å². The molecule has 39 heavy (non-hydrogen) atoms. The van der Waals surface area contributed by atoms with E-state index in [1.54, 1.807) is 31.2 Å². The number of nitrogens with one attached hydrogen (secondary N) is 2. The minimum Gasteiger partial charge on any atom is -0.478 e. The first kappa shape index (κ1) is 29.1. The van der Waals surface area contributed by atoms with Crippen LogP contribution >= 0.6 is 69.5 Å². The number of aromatic carboxylic acids is 1. The normalized spacial score (nSPS) is 11.6. The second-order valence-electron chi connectivity index (χ2n) is 7.82. The fourth-order valence-corrected chi connectivity index (χ4v) is 6.14. The number of amides is 2. The maximum Gasteiger partial charge on any atom is 0.338 e. The topological polar surface area (TPSA) is 121 Å². The third-order valence-electron chi connectivity index (χ3n) is 5.15. The van der Waals surface area contributed by atoms with Crippen LogP contribution in [0.15, 0.2) is 59.5 Å². The average molecular weight is 642 g/mol. The van der Waals surface area contributed by atoms with Gasteiger partial charge in [-0.25, -0.2) is 4.79 Å². The first-order valence-corrected chi connectivity index (χ1v) is 14.1. The van der Waals surface area contributed by atoms with Gasteiger partial charge in [-0.3, -0.25) is 14.9 Å². The highest BCUT2D eigenvalue weighted by Gasteiger charge is 2.29. The molecule has 2 amide bonds. The van der Waals surface area contributed by atoms with Crippen molar-refractivity contribution in [2.75, 3.05) is 10.6 Å². The molecule has 14 heteroatoms. The van der Waals surface area contributed by atoms with E-state index in [0.29, 0.717) is 20.7 Å². The maximum absolute atomic E-state index is 13.2. The van der Waals surface area contributed by atoms with Crippen molar-refractivity contribution in [2.24, 2.45) is 0 Å². The van der Waals surface area contributed by atoms with Crippen molar-refractivity contribution in [2.45, 2.75) is 17.1 Å². The molecular weight excluding hydrogens is 626 g/mol. The van der Waals surface area contributed by atoms with Crippen molar-refractivity contribution >= 4 is 98.1 Å². The SMILES string of the molecule is Cc1nnc(NC(=O)C(Sc2cccc(NC(=O)c3c(Cl)c(Cl)c(Cl)c(Cl)c3C(=O)O)c2)c2ccccc2)s1. The van der Waals surface area contributed by atoms with Crippen molar-refractivity contribution in [1.82, 2.24) is 10.2 Å². The summed E-state index contributed by atoms with van der Waals surface area (Å²) in [4.78, 5) is 38.9. The third-order valence-corrected chi connectivity index (χ3v) is 8.95. The number of benzene rings is 3. The van der Waals surface area contributed by atoms with Crippen LogP contribution < -0.4 is 10.6 Å². The van der Waals surface area contributed by atoms with Crippen LogP contribution in [0.4, 0.5) is 10.8 Å². The molecule has 0 bridgehead atoms. The summed E-state index contributed by atoms with van der Waals surface area (Å²) in [5.41, 5.74) is 0.0490. The number of rotatable bonds is 8. The van der Waals surface area contributed by atoms with Gasteiger partial charge in [0.15, 0.2) is 0 Å². The molecular formula is C25H16Cl4N4O4S2. The molecule has 3 N–H and O–H groups in total. The number of thioether (sulfide) groups is 1. The van der Waals surface area contributed by atoms with E-state index in [1.165, 1.54) is 23.1 Å². The largest absolute Gasteiger partial charge is 0.478 e. The van der Waals surface area contributed by atoms with Crippen LogP contribution in [0.1, 0.15) is 36.5 Å². The molecule has 0 spiro atoms. The number of carboxylic acid groups (broad SMARTS) is 1. The highest BCUT2D eigenvalue weighted by Crippen LogP contribution is 2.42. The van der Waals surface area contributed by atoms with Gasteiger partial charge >= 0.3 is 5.97 Å². The predicted molar refractivity (Wildman–Crippen MR) is 156 cm³/mol. The van der Waals surface area contributed by atoms with E-state index in [1.807, 2.05) is 30.3 Å². The second-order valence-corrected chi connectivity index (χ2v) is 11.7. The number of aryl methyl sites for hydroxylation is 1. The molecule has 1 unspecified atom stereocenters. The molecule has 0 saturated carbocycles. The fourth-order valence-electron chi connectivity index (χ4n) is 3.44. The Balaban J connectivity index is 1.62. The van der Waals surface area contributed by atoms with Gasteiger partial charge in [0.1, 0.15) is 10.3 Å². The molecule has 0 saturated heterocycles. The Morgan fingerprint density at radius 2 is 1.54 bits per heavy atom. The van der Waals surface area contributed by atoms with E-state index in [-0.39, 0.29) is 21.0 Å². The zero-order chi connectivity index (χ0) is 28.3. The molecule has 0 aliphatic carbocycles. The summed E-state index contributed by atoms with van der Waals surface area (Å²) < 4.78 is 0. The average Bonchev–Trinajstić information content (AvgIpc) is 3.32. The molecule has 0 radical (unpaired) electrons. The summed E-state index contributed by atoms with van der Waals surface area (Å²) >= 11 is 26.8. The molecule has 1 heterocycles. The number of aromatic nitrogens is 2. The van der Waals surface area contributed by atoms with Crippen molar-refractivity contribution < 1.29 is 19.5 Å². The summed E-state index contributed by atoms with van der Waals surface area (Å²) in [7, 11) is 0. The Labute approximate surface area is 250 Å². The third kappa shape index (κ3) is 6.66. The first-order chi connectivity index (χ1) is 18.6. The number of carbonyl (C=O) groups excluding carboxylic acids is 2. The summed E-state index contributed by atoms with van der Waals surface area (Å²) in [5.74, 6) is -2.67. The summed E-state index contributed by atoms with van der Waals surface area (Å²) in [5, 5.41) is 22.1. The molecule has 4 aromatic rings. The van der Waals surface area contributed by atoms with Gasteiger partial charge in [-0.1, -0.05) is 94.1 Å². The number of hydrogen-bond acceptors (Lipinski definition) is 7. The van der Waals surface area contributed by atoms with Gasteiger partial charge in [0.25, 0.3) is 5.91 Å². The Morgan fingerprint density at radius 1 is 0.872 bits per heavy atom. The standard InChI is InChI=1S/C25H16Cl4N4O4S2/c1-11-32-33-25(38-11)31-23(35)21(12-6-3-2-4-7-12)39-14-9-5-8-13(10-14)30-22(34)15-16(24(36)37)18(27)20(29)19(28)17(15)26/h2-10,21H,1H3,(H,30,34)(H,36,37)(H,31,33,35). The lowest BCUT2D eigenvalue weighted by Crippen LogP contribution is -2.19. The zero-order valence-corrected chi connectivity index (χ0v) is 24.3. The first-order valence-electron chi connectivity index (χ1n) is 10.9. The number of nitrogens with zero attached hydrogens (tertiary/aromatic N) is 2. The molecule has 1 atom stereocenters. The van der Waals surface area contributed by atoms with Crippen molar-refractivity contribution in [1.29, 1.82) is 0 Å². The number of hydrogen-bond donors (Lipinski definition) is 3. The van der Waals surface area contributed by atoms with Crippen LogP contribution in [0.25, 0.3) is 0 Å².